The van der Waals surface area contributed by atoms with Gasteiger partial charge in [-0.2, -0.15) is 5.10 Å². The summed E-state index contributed by atoms with van der Waals surface area (Å²) < 4.78 is 1.52. The molecule has 1 rings (SSSR count). The molecule has 1 N–H and O–H groups in total. The number of likely N-dealkylation sites (N-methyl/N-ethyl adjacent to an activating group) is 1. The van der Waals surface area contributed by atoms with E-state index in [4.69, 9.17) is 0 Å². The maximum absolute atomic E-state index is 11.2. The first-order chi connectivity index (χ1) is 5.75. The molecule has 0 fully saturated rings. The smallest absolute Gasteiger partial charge is 0.244 e. The van der Waals surface area contributed by atoms with Crippen LogP contribution in [0.3, 0.4) is 0 Å². The van der Waals surface area contributed by atoms with Gasteiger partial charge in [0.15, 0.2) is 0 Å². The number of nitrogens with zero attached hydrogens (tertiary/aromatic N) is 3. The number of carbonyl (C=O) groups excluding carboxylic acids is 1. The molecule has 5 heteroatoms. The first-order valence-corrected chi connectivity index (χ1v) is 3.87. The Morgan fingerprint density at radius 2 is 2.50 bits per heavy atom. The Balaban J connectivity index is 2.59. The molecule has 0 saturated heterocycles. The molecule has 0 radical (unpaired) electrons. The van der Waals surface area contributed by atoms with Crippen LogP contribution < -0.4 is 5.32 Å². The molecule has 12 heavy (non-hydrogen) atoms. The molecule has 66 valence electrons. The van der Waals surface area contributed by atoms with Gasteiger partial charge in [-0.25, -0.2) is 9.67 Å². The molecule has 1 atom stereocenters. The Labute approximate surface area is 70.8 Å². The van der Waals surface area contributed by atoms with E-state index in [9.17, 15) is 4.79 Å². The Bertz CT molecular complexity index is 244. The third-order valence-electron chi connectivity index (χ3n) is 1.56. The Morgan fingerprint density at radius 3 is 3.00 bits per heavy atom. The highest BCUT2D eigenvalue weighted by Crippen LogP contribution is 2.00. The van der Waals surface area contributed by atoms with Crippen molar-refractivity contribution in [2.24, 2.45) is 0 Å². The van der Waals surface area contributed by atoms with Gasteiger partial charge in [0, 0.05) is 6.54 Å². The molecular formula is C7H12N4O. The Kier molecular flexibility index (Phi) is 2.79. The molecule has 1 unspecified atom stereocenters. The predicted molar refractivity (Wildman–Crippen MR) is 43.4 cm³/mol. The molecule has 1 heterocycles. The van der Waals surface area contributed by atoms with E-state index in [2.05, 4.69) is 15.4 Å². The molecule has 0 bridgehead atoms. The van der Waals surface area contributed by atoms with Gasteiger partial charge in [0.1, 0.15) is 18.7 Å². The van der Waals surface area contributed by atoms with E-state index in [0.29, 0.717) is 6.54 Å². The lowest BCUT2D eigenvalue weighted by atomic mass is 10.3. The van der Waals surface area contributed by atoms with Crippen molar-refractivity contribution < 1.29 is 4.79 Å². The van der Waals surface area contributed by atoms with Crippen molar-refractivity contribution in [3.63, 3.8) is 0 Å². The average molecular weight is 168 g/mol. The van der Waals surface area contributed by atoms with E-state index < -0.39 is 0 Å². The fourth-order valence-electron chi connectivity index (χ4n) is 0.859. The fourth-order valence-corrected chi connectivity index (χ4v) is 0.859. The fraction of sp³-hybridized carbons (Fsp3) is 0.571. The lowest BCUT2D eigenvalue weighted by molar-refractivity contribution is -0.124. The minimum atomic E-state index is -0.285. The van der Waals surface area contributed by atoms with Crippen molar-refractivity contribution in [2.75, 3.05) is 6.54 Å². The highest BCUT2D eigenvalue weighted by molar-refractivity contribution is 5.79. The normalized spacial score (nSPS) is 12.5. The van der Waals surface area contributed by atoms with Gasteiger partial charge in [-0.1, -0.05) is 0 Å². The first-order valence-electron chi connectivity index (χ1n) is 3.87. The van der Waals surface area contributed by atoms with E-state index in [1.54, 1.807) is 6.92 Å². The summed E-state index contributed by atoms with van der Waals surface area (Å²) in [7, 11) is 0. The van der Waals surface area contributed by atoms with Crippen molar-refractivity contribution in [1.29, 1.82) is 0 Å². The molecule has 1 amide bonds. The van der Waals surface area contributed by atoms with Crippen molar-refractivity contribution in [3.05, 3.63) is 12.7 Å². The van der Waals surface area contributed by atoms with Crippen LogP contribution in [0.1, 0.15) is 19.9 Å². The van der Waals surface area contributed by atoms with Gasteiger partial charge in [0.2, 0.25) is 5.91 Å². The zero-order chi connectivity index (χ0) is 8.97. The lowest BCUT2D eigenvalue weighted by Crippen LogP contribution is -2.30. The maximum atomic E-state index is 11.2. The average Bonchev–Trinajstić information content (AvgIpc) is 2.55. The zero-order valence-electron chi connectivity index (χ0n) is 7.19. The molecule has 0 aliphatic heterocycles. The summed E-state index contributed by atoms with van der Waals surface area (Å²) in [6.07, 6.45) is 2.94. The van der Waals surface area contributed by atoms with Crippen LogP contribution in [0.15, 0.2) is 12.7 Å². The highest BCUT2D eigenvalue weighted by atomic mass is 16.2. The van der Waals surface area contributed by atoms with Gasteiger partial charge in [0.05, 0.1) is 0 Å². The molecular weight excluding hydrogens is 156 g/mol. The van der Waals surface area contributed by atoms with Crippen LogP contribution in [0.2, 0.25) is 0 Å². The second kappa shape index (κ2) is 3.85. The van der Waals surface area contributed by atoms with Crippen LogP contribution in [-0.2, 0) is 4.79 Å². The van der Waals surface area contributed by atoms with Crippen LogP contribution in [0.5, 0.6) is 0 Å². The topological polar surface area (TPSA) is 59.8 Å². The first kappa shape index (κ1) is 8.70. The Hall–Kier alpha value is -1.39. The van der Waals surface area contributed by atoms with Gasteiger partial charge < -0.3 is 5.32 Å². The van der Waals surface area contributed by atoms with Gasteiger partial charge in [0.25, 0.3) is 0 Å². The number of amides is 1. The molecule has 0 spiro atoms. The number of carbonyl (C=O) groups is 1. The molecule has 5 nitrogen and oxygen atoms in total. The minimum Gasteiger partial charge on any atom is -0.355 e. The molecule has 0 aliphatic carbocycles. The summed E-state index contributed by atoms with van der Waals surface area (Å²) in [6.45, 7) is 4.30. The van der Waals surface area contributed by atoms with E-state index >= 15 is 0 Å². The summed E-state index contributed by atoms with van der Waals surface area (Å²) >= 11 is 0. The van der Waals surface area contributed by atoms with Crippen LogP contribution >= 0.6 is 0 Å². The van der Waals surface area contributed by atoms with E-state index in [1.165, 1.54) is 17.3 Å². The van der Waals surface area contributed by atoms with Crippen molar-refractivity contribution >= 4 is 5.91 Å². The summed E-state index contributed by atoms with van der Waals surface area (Å²) in [5.74, 6) is -0.0389. The number of hydrogen-bond donors (Lipinski definition) is 1. The van der Waals surface area contributed by atoms with Crippen LogP contribution in [0, 0.1) is 0 Å². The molecule has 0 aliphatic rings. The molecule has 0 saturated carbocycles. The van der Waals surface area contributed by atoms with Crippen LogP contribution in [0.25, 0.3) is 0 Å². The molecule has 1 aromatic heterocycles. The Morgan fingerprint density at radius 1 is 1.75 bits per heavy atom. The second-order valence-corrected chi connectivity index (χ2v) is 2.45. The summed E-state index contributed by atoms with van der Waals surface area (Å²) in [6, 6.07) is -0.285. The highest BCUT2D eigenvalue weighted by Gasteiger charge is 2.13. The number of aromatic nitrogens is 3. The third kappa shape index (κ3) is 1.81. The summed E-state index contributed by atoms with van der Waals surface area (Å²) in [5.41, 5.74) is 0. The quantitative estimate of drug-likeness (QED) is 0.689. The lowest BCUT2D eigenvalue weighted by Gasteiger charge is -2.09. The zero-order valence-corrected chi connectivity index (χ0v) is 7.19. The number of rotatable bonds is 3. The number of hydrogen-bond acceptors (Lipinski definition) is 3. The largest absolute Gasteiger partial charge is 0.355 e. The van der Waals surface area contributed by atoms with Gasteiger partial charge >= 0.3 is 0 Å². The number of nitrogens with one attached hydrogen (secondary N) is 1. The van der Waals surface area contributed by atoms with Gasteiger partial charge in [-0.15, -0.1) is 0 Å². The molecule has 0 aromatic carbocycles. The van der Waals surface area contributed by atoms with Crippen molar-refractivity contribution in [2.45, 2.75) is 19.9 Å². The standard InChI is InChI=1S/C7H12N4O/c1-3-9-7(12)6(2)11-5-8-4-10-11/h4-6H,3H2,1-2H3,(H,9,12). The van der Waals surface area contributed by atoms with Gasteiger partial charge in [-0.3, -0.25) is 4.79 Å². The molecule has 1 aromatic rings. The third-order valence-corrected chi connectivity index (χ3v) is 1.56. The van der Waals surface area contributed by atoms with Crippen molar-refractivity contribution in [3.8, 4) is 0 Å². The monoisotopic (exact) mass is 168 g/mol. The second-order valence-electron chi connectivity index (χ2n) is 2.45. The van der Waals surface area contributed by atoms with Crippen LogP contribution in [-0.4, -0.2) is 27.2 Å². The van der Waals surface area contributed by atoms with E-state index in [-0.39, 0.29) is 11.9 Å². The van der Waals surface area contributed by atoms with E-state index in [0.717, 1.165) is 0 Å². The minimum absolute atomic E-state index is 0.0389. The predicted octanol–water partition coefficient (Wildman–Crippen LogP) is -0.0248. The van der Waals surface area contributed by atoms with E-state index in [1.807, 2.05) is 6.92 Å². The van der Waals surface area contributed by atoms with Crippen molar-refractivity contribution in [1.82, 2.24) is 20.1 Å². The SMILES string of the molecule is CCNC(=O)C(C)n1cncn1. The maximum Gasteiger partial charge on any atom is 0.244 e. The summed E-state index contributed by atoms with van der Waals surface area (Å²) in [5, 5.41) is 6.57. The van der Waals surface area contributed by atoms with Crippen LogP contribution in [0.4, 0.5) is 0 Å². The van der Waals surface area contributed by atoms with Gasteiger partial charge in [-0.05, 0) is 13.8 Å². The summed E-state index contributed by atoms with van der Waals surface area (Å²) in [4.78, 5) is 15.0.